The molecule has 1 heterocycles. The van der Waals surface area contributed by atoms with Gasteiger partial charge >= 0.3 is 0 Å². The predicted octanol–water partition coefficient (Wildman–Crippen LogP) is 0.163. The molecule has 0 unspecified atom stereocenters. The molecule has 104 valence electrons. The van der Waals surface area contributed by atoms with Crippen LogP contribution >= 0.6 is 0 Å². The standard InChI is InChI=1S/C12H19N5O2/c1-8(2)15-11(18)6-7-14-10-5-4-9(16-17-10)12(19)13-3/h4-5,8H,6-7H2,1-3H3,(H,13,19)(H,14,17)(H,15,18). The Morgan fingerprint density at radius 3 is 2.53 bits per heavy atom. The molecule has 0 saturated heterocycles. The number of anilines is 1. The zero-order chi connectivity index (χ0) is 14.3. The lowest BCUT2D eigenvalue weighted by atomic mass is 10.3. The van der Waals surface area contributed by atoms with Crippen molar-refractivity contribution in [1.82, 2.24) is 20.8 Å². The van der Waals surface area contributed by atoms with Gasteiger partial charge < -0.3 is 16.0 Å². The van der Waals surface area contributed by atoms with E-state index in [2.05, 4.69) is 26.1 Å². The van der Waals surface area contributed by atoms with Crippen molar-refractivity contribution in [2.24, 2.45) is 0 Å². The van der Waals surface area contributed by atoms with Gasteiger partial charge in [0.25, 0.3) is 5.91 Å². The fourth-order valence-corrected chi connectivity index (χ4v) is 1.37. The van der Waals surface area contributed by atoms with Crippen molar-refractivity contribution < 1.29 is 9.59 Å². The first-order chi connectivity index (χ1) is 9.02. The minimum atomic E-state index is -0.282. The molecular weight excluding hydrogens is 246 g/mol. The van der Waals surface area contributed by atoms with Gasteiger partial charge in [0.1, 0.15) is 5.82 Å². The van der Waals surface area contributed by atoms with Gasteiger partial charge in [-0.3, -0.25) is 9.59 Å². The number of aromatic nitrogens is 2. The number of rotatable bonds is 6. The SMILES string of the molecule is CNC(=O)c1ccc(NCCC(=O)NC(C)C)nn1. The first-order valence-corrected chi connectivity index (χ1v) is 6.12. The summed E-state index contributed by atoms with van der Waals surface area (Å²) in [4.78, 5) is 22.6. The maximum Gasteiger partial charge on any atom is 0.271 e. The van der Waals surface area contributed by atoms with Crippen LogP contribution < -0.4 is 16.0 Å². The molecule has 0 atom stereocenters. The van der Waals surface area contributed by atoms with Gasteiger partial charge in [-0.2, -0.15) is 0 Å². The lowest BCUT2D eigenvalue weighted by molar-refractivity contribution is -0.121. The zero-order valence-electron chi connectivity index (χ0n) is 11.4. The molecular formula is C12H19N5O2. The topological polar surface area (TPSA) is 96.0 Å². The average Bonchev–Trinajstić information content (AvgIpc) is 2.37. The van der Waals surface area contributed by atoms with Crippen LogP contribution in [-0.2, 0) is 4.79 Å². The monoisotopic (exact) mass is 265 g/mol. The highest BCUT2D eigenvalue weighted by Gasteiger charge is 2.06. The number of hydrogen-bond acceptors (Lipinski definition) is 5. The van der Waals surface area contributed by atoms with E-state index in [1.807, 2.05) is 13.8 Å². The highest BCUT2D eigenvalue weighted by Crippen LogP contribution is 2.01. The molecule has 1 rings (SSSR count). The summed E-state index contributed by atoms with van der Waals surface area (Å²) in [7, 11) is 1.53. The quantitative estimate of drug-likeness (QED) is 0.681. The van der Waals surface area contributed by atoms with Gasteiger partial charge in [0.05, 0.1) is 0 Å². The van der Waals surface area contributed by atoms with E-state index in [9.17, 15) is 9.59 Å². The van der Waals surface area contributed by atoms with E-state index in [4.69, 9.17) is 0 Å². The molecule has 0 radical (unpaired) electrons. The number of carbonyl (C=O) groups excluding carboxylic acids is 2. The van der Waals surface area contributed by atoms with Crippen LogP contribution in [0.25, 0.3) is 0 Å². The molecule has 19 heavy (non-hydrogen) atoms. The van der Waals surface area contributed by atoms with E-state index < -0.39 is 0 Å². The molecule has 0 spiro atoms. The summed E-state index contributed by atoms with van der Waals surface area (Å²) < 4.78 is 0. The van der Waals surface area contributed by atoms with E-state index in [1.54, 1.807) is 12.1 Å². The second-order valence-electron chi connectivity index (χ2n) is 4.28. The molecule has 1 aromatic rings. The molecule has 0 aliphatic heterocycles. The second-order valence-corrected chi connectivity index (χ2v) is 4.28. The van der Waals surface area contributed by atoms with Crippen LogP contribution in [-0.4, -0.2) is 41.6 Å². The van der Waals surface area contributed by atoms with Gasteiger partial charge in [-0.05, 0) is 26.0 Å². The highest BCUT2D eigenvalue weighted by atomic mass is 16.2. The minimum Gasteiger partial charge on any atom is -0.368 e. The molecule has 3 N–H and O–H groups in total. The van der Waals surface area contributed by atoms with Gasteiger partial charge in [0.2, 0.25) is 5.91 Å². The van der Waals surface area contributed by atoms with Crippen molar-refractivity contribution in [2.75, 3.05) is 18.9 Å². The number of nitrogens with zero attached hydrogens (tertiary/aromatic N) is 2. The van der Waals surface area contributed by atoms with Crippen LogP contribution in [0.4, 0.5) is 5.82 Å². The molecule has 0 bridgehead atoms. The third-order valence-corrected chi connectivity index (χ3v) is 2.23. The molecule has 0 fully saturated rings. The van der Waals surface area contributed by atoms with Crippen LogP contribution in [0.3, 0.4) is 0 Å². The first kappa shape index (κ1) is 14.9. The van der Waals surface area contributed by atoms with Crippen LogP contribution in [0.2, 0.25) is 0 Å². The Balaban J connectivity index is 2.38. The van der Waals surface area contributed by atoms with Crippen molar-refractivity contribution in [1.29, 1.82) is 0 Å². The highest BCUT2D eigenvalue weighted by molar-refractivity contribution is 5.91. The van der Waals surface area contributed by atoms with Gasteiger partial charge in [0.15, 0.2) is 5.69 Å². The molecule has 0 aromatic carbocycles. The van der Waals surface area contributed by atoms with Gasteiger partial charge in [-0.1, -0.05) is 0 Å². The third kappa shape index (κ3) is 5.33. The third-order valence-electron chi connectivity index (χ3n) is 2.23. The molecule has 7 heteroatoms. The summed E-state index contributed by atoms with van der Waals surface area (Å²) in [5, 5.41) is 15.8. The van der Waals surface area contributed by atoms with Gasteiger partial charge in [-0.25, -0.2) is 0 Å². The Hall–Kier alpha value is -2.18. The summed E-state index contributed by atoms with van der Waals surface area (Å²) in [6.07, 6.45) is 0.358. The Morgan fingerprint density at radius 1 is 1.26 bits per heavy atom. The number of carbonyl (C=O) groups is 2. The van der Waals surface area contributed by atoms with Crippen molar-refractivity contribution in [3.63, 3.8) is 0 Å². The van der Waals surface area contributed by atoms with Crippen LogP contribution in [0.15, 0.2) is 12.1 Å². The fraction of sp³-hybridized carbons (Fsp3) is 0.500. The summed E-state index contributed by atoms with van der Waals surface area (Å²) in [6, 6.07) is 3.36. The molecule has 7 nitrogen and oxygen atoms in total. The van der Waals surface area contributed by atoms with E-state index in [-0.39, 0.29) is 23.6 Å². The Bertz CT molecular complexity index is 430. The van der Waals surface area contributed by atoms with E-state index in [0.29, 0.717) is 18.8 Å². The number of hydrogen-bond donors (Lipinski definition) is 3. The summed E-state index contributed by atoms with van der Waals surface area (Å²) in [5.74, 6) is 0.234. The normalized spacial score (nSPS) is 10.1. The van der Waals surface area contributed by atoms with E-state index in [1.165, 1.54) is 7.05 Å². The Morgan fingerprint density at radius 2 is 2.00 bits per heavy atom. The van der Waals surface area contributed by atoms with Crippen molar-refractivity contribution in [3.05, 3.63) is 17.8 Å². The Labute approximate surface area is 112 Å². The van der Waals surface area contributed by atoms with Crippen LogP contribution in [0.5, 0.6) is 0 Å². The second kappa shape index (κ2) is 7.30. The molecule has 0 aliphatic carbocycles. The zero-order valence-corrected chi connectivity index (χ0v) is 11.4. The maximum atomic E-state index is 11.4. The van der Waals surface area contributed by atoms with Crippen LogP contribution in [0.1, 0.15) is 30.8 Å². The smallest absolute Gasteiger partial charge is 0.271 e. The molecule has 1 aromatic heterocycles. The number of amides is 2. The summed E-state index contributed by atoms with van der Waals surface area (Å²) >= 11 is 0. The van der Waals surface area contributed by atoms with Gasteiger partial charge in [-0.15, -0.1) is 10.2 Å². The van der Waals surface area contributed by atoms with Crippen molar-refractivity contribution in [3.8, 4) is 0 Å². The summed E-state index contributed by atoms with van der Waals surface area (Å²) in [5.41, 5.74) is 0.255. The lowest BCUT2D eigenvalue weighted by Crippen LogP contribution is -2.31. The maximum absolute atomic E-state index is 11.4. The number of nitrogens with one attached hydrogen (secondary N) is 3. The largest absolute Gasteiger partial charge is 0.368 e. The van der Waals surface area contributed by atoms with E-state index in [0.717, 1.165) is 0 Å². The molecule has 0 saturated carbocycles. The lowest BCUT2D eigenvalue weighted by Gasteiger charge is -2.09. The fourth-order valence-electron chi connectivity index (χ4n) is 1.37. The molecule has 0 aliphatic rings. The molecule has 2 amide bonds. The average molecular weight is 265 g/mol. The van der Waals surface area contributed by atoms with E-state index >= 15 is 0 Å². The predicted molar refractivity (Wildman–Crippen MR) is 71.8 cm³/mol. The van der Waals surface area contributed by atoms with Crippen molar-refractivity contribution in [2.45, 2.75) is 26.3 Å². The Kier molecular flexibility index (Phi) is 5.72. The van der Waals surface area contributed by atoms with Crippen molar-refractivity contribution >= 4 is 17.6 Å². The summed E-state index contributed by atoms with van der Waals surface area (Å²) in [6.45, 7) is 4.29. The minimum absolute atomic E-state index is 0.0163. The first-order valence-electron chi connectivity index (χ1n) is 6.12. The van der Waals surface area contributed by atoms with Crippen LogP contribution in [0, 0.1) is 0 Å². The van der Waals surface area contributed by atoms with Gasteiger partial charge in [0, 0.05) is 26.1 Å².